The number of fused-ring (bicyclic) bond motifs is 3. The molecule has 2 heteroatoms. The van der Waals surface area contributed by atoms with Gasteiger partial charge in [0, 0.05) is 10.8 Å². The Kier molecular flexibility index (Phi) is 1.75. The monoisotopic (exact) mass is 210 g/mol. The van der Waals surface area contributed by atoms with E-state index in [1.807, 2.05) is 6.07 Å². The van der Waals surface area contributed by atoms with Gasteiger partial charge in [0.05, 0.1) is 11.0 Å². The first-order valence-corrected chi connectivity index (χ1v) is 5.44. The fraction of sp³-hybridized carbons (Fsp3) is 0.143. The van der Waals surface area contributed by atoms with Crippen molar-refractivity contribution in [3.63, 3.8) is 0 Å². The van der Waals surface area contributed by atoms with Gasteiger partial charge in [-0.25, -0.2) is 0 Å². The lowest BCUT2D eigenvalue weighted by molar-refractivity contribution is 1.12. The number of hydrogen-bond acceptors (Lipinski definition) is 1. The fourth-order valence-corrected chi connectivity index (χ4v) is 2.39. The lowest BCUT2D eigenvalue weighted by Crippen LogP contribution is -2.06. The van der Waals surface area contributed by atoms with Crippen molar-refractivity contribution < 1.29 is 0 Å². The summed E-state index contributed by atoms with van der Waals surface area (Å²) >= 11 is 0. The summed E-state index contributed by atoms with van der Waals surface area (Å²) in [6, 6.07) is 12.6. The Morgan fingerprint density at radius 2 is 1.81 bits per heavy atom. The minimum absolute atomic E-state index is 1.09. The van der Waals surface area contributed by atoms with Crippen molar-refractivity contribution in [3.05, 3.63) is 47.5 Å². The second-order valence-corrected chi connectivity index (χ2v) is 4.36. The Hall–Kier alpha value is -1.96. The number of nitrogen functional groups attached to an aromatic ring is 1. The molecule has 0 radical (unpaired) electrons. The molecule has 3 rings (SSSR count). The van der Waals surface area contributed by atoms with Crippen molar-refractivity contribution in [1.29, 1.82) is 0 Å². The van der Waals surface area contributed by atoms with E-state index in [0.717, 1.165) is 11.0 Å². The molecule has 3 aromatic rings. The van der Waals surface area contributed by atoms with Gasteiger partial charge in [-0.05, 0) is 37.6 Å². The largest absolute Gasteiger partial charge is 0.339 e. The lowest BCUT2D eigenvalue weighted by Gasteiger charge is -1.98. The number of aryl methyl sites for hydroxylation is 2. The SMILES string of the molecule is Cc1ccc2c(c1)c1c(C)cccc1n2N. The van der Waals surface area contributed by atoms with E-state index in [4.69, 9.17) is 5.84 Å². The van der Waals surface area contributed by atoms with Crippen LogP contribution < -0.4 is 5.84 Å². The van der Waals surface area contributed by atoms with Gasteiger partial charge in [-0.3, -0.25) is 4.68 Å². The Morgan fingerprint density at radius 1 is 1.00 bits per heavy atom. The van der Waals surface area contributed by atoms with Gasteiger partial charge in [-0.15, -0.1) is 0 Å². The number of hydrogen-bond donors (Lipinski definition) is 1. The van der Waals surface area contributed by atoms with E-state index < -0.39 is 0 Å². The molecule has 0 unspecified atom stereocenters. The van der Waals surface area contributed by atoms with Gasteiger partial charge < -0.3 is 5.84 Å². The van der Waals surface area contributed by atoms with Crippen LogP contribution in [0, 0.1) is 13.8 Å². The zero-order valence-electron chi connectivity index (χ0n) is 9.49. The van der Waals surface area contributed by atoms with Crippen molar-refractivity contribution in [3.8, 4) is 0 Å². The molecule has 0 amide bonds. The van der Waals surface area contributed by atoms with Crippen LogP contribution in [0.5, 0.6) is 0 Å². The summed E-state index contributed by atoms with van der Waals surface area (Å²) in [6.45, 7) is 4.24. The third-order valence-corrected chi connectivity index (χ3v) is 3.19. The maximum Gasteiger partial charge on any atom is 0.0706 e. The van der Waals surface area contributed by atoms with Crippen molar-refractivity contribution in [1.82, 2.24) is 4.68 Å². The molecule has 1 aromatic heterocycles. The van der Waals surface area contributed by atoms with Crippen LogP contribution >= 0.6 is 0 Å². The molecule has 1 heterocycles. The summed E-state index contributed by atoms with van der Waals surface area (Å²) in [4.78, 5) is 0. The highest BCUT2D eigenvalue weighted by molar-refractivity contribution is 6.09. The highest BCUT2D eigenvalue weighted by atomic mass is 15.3. The average Bonchev–Trinajstić information content (AvgIpc) is 2.54. The molecule has 0 bridgehead atoms. The number of benzene rings is 2. The molecular formula is C14H14N2. The first-order valence-electron chi connectivity index (χ1n) is 5.44. The third-order valence-electron chi connectivity index (χ3n) is 3.19. The quantitative estimate of drug-likeness (QED) is 0.568. The molecular weight excluding hydrogens is 196 g/mol. The molecule has 0 saturated heterocycles. The van der Waals surface area contributed by atoms with Crippen LogP contribution in [-0.2, 0) is 0 Å². The van der Waals surface area contributed by atoms with Crippen molar-refractivity contribution in [2.75, 3.05) is 5.84 Å². The first-order chi connectivity index (χ1) is 7.68. The van der Waals surface area contributed by atoms with Crippen LogP contribution in [0.3, 0.4) is 0 Å². The molecule has 0 fully saturated rings. The third kappa shape index (κ3) is 1.07. The van der Waals surface area contributed by atoms with Crippen LogP contribution in [0.1, 0.15) is 11.1 Å². The van der Waals surface area contributed by atoms with E-state index in [-0.39, 0.29) is 0 Å². The fourth-order valence-electron chi connectivity index (χ4n) is 2.39. The van der Waals surface area contributed by atoms with E-state index in [9.17, 15) is 0 Å². The Morgan fingerprint density at radius 3 is 2.62 bits per heavy atom. The zero-order chi connectivity index (χ0) is 11.3. The molecule has 0 aliphatic carbocycles. The van der Waals surface area contributed by atoms with Crippen LogP contribution in [0.15, 0.2) is 36.4 Å². The van der Waals surface area contributed by atoms with E-state index in [2.05, 4.69) is 44.2 Å². The van der Waals surface area contributed by atoms with Gasteiger partial charge in [0.1, 0.15) is 0 Å². The molecule has 2 nitrogen and oxygen atoms in total. The van der Waals surface area contributed by atoms with Gasteiger partial charge in [0.15, 0.2) is 0 Å². The number of nitrogens with two attached hydrogens (primary N) is 1. The standard InChI is InChI=1S/C14H14N2/c1-9-6-7-12-11(8-9)14-10(2)4-3-5-13(14)16(12)15/h3-8H,15H2,1-2H3. The number of aromatic nitrogens is 1. The molecule has 80 valence electrons. The normalized spacial score (nSPS) is 11.4. The van der Waals surface area contributed by atoms with Gasteiger partial charge in [-0.2, -0.15) is 0 Å². The maximum absolute atomic E-state index is 6.11. The summed E-state index contributed by atoms with van der Waals surface area (Å²) < 4.78 is 1.77. The summed E-state index contributed by atoms with van der Waals surface area (Å²) in [5.74, 6) is 6.11. The lowest BCUT2D eigenvalue weighted by atomic mass is 10.1. The second-order valence-electron chi connectivity index (χ2n) is 4.36. The van der Waals surface area contributed by atoms with Crippen molar-refractivity contribution in [2.45, 2.75) is 13.8 Å². The van der Waals surface area contributed by atoms with E-state index in [0.29, 0.717) is 0 Å². The zero-order valence-corrected chi connectivity index (χ0v) is 9.49. The predicted molar refractivity (Wildman–Crippen MR) is 69.1 cm³/mol. The van der Waals surface area contributed by atoms with Gasteiger partial charge in [0.2, 0.25) is 0 Å². The van der Waals surface area contributed by atoms with Crippen molar-refractivity contribution in [2.24, 2.45) is 0 Å². The second kappa shape index (κ2) is 3.01. The summed E-state index contributed by atoms with van der Waals surface area (Å²) in [6.07, 6.45) is 0. The Balaban J connectivity index is 2.66. The molecule has 0 spiro atoms. The summed E-state index contributed by atoms with van der Waals surface area (Å²) in [5.41, 5.74) is 4.73. The highest BCUT2D eigenvalue weighted by Gasteiger charge is 2.09. The Bertz CT molecular complexity index is 693. The molecule has 0 saturated carbocycles. The van der Waals surface area contributed by atoms with E-state index in [1.165, 1.54) is 21.9 Å². The van der Waals surface area contributed by atoms with Gasteiger partial charge >= 0.3 is 0 Å². The minimum Gasteiger partial charge on any atom is -0.339 e. The Labute approximate surface area is 94.3 Å². The summed E-state index contributed by atoms with van der Waals surface area (Å²) in [7, 11) is 0. The highest BCUT2D eigenvalue weighted by Crippen LogP contribution is 2.30. The molecule has 0 aliphatic rings. The molecule has 16 heavy (non-hydrogen) atoms. The van der Waals surface area contributed by atoms with Crippen LogP contribution in [-0.4, -0.2) is 4.68 Å². The van der Waals surface area contributed by atoms with Crippen LogP contribution in [0.2, 0.25) is 0 Å². The summed E-state index contributed by atoms with van der Waals surface area (Å²) in [5, 5.41) is 2.51. The molecule has 0 aliphatic heterocycles. The van der Waals surface area contributed by atoms with Crippen molar-refractivity contribution >= 4 is 21.8 Å². The first kappa shape index (κ1) is 9.28. The maximum atomic E-state index is 6.11. The average molecular weight is 210 g/mol. The molecule has 2 aromatic carbocycles. The van der Waals surface area contributed by atoms with E-state index in [1.54, 1.807) is 4.68 Å². The number of rotatable bonds is 0. The smallest absolute Gasteiger partial charge is 0.0706 e. The van der Waals surface area contributed by atoms with Crippen LogP contribution in [0.25, 0.3) is 21.8 Å². The van der Waals surface area contributed by atoms with Crippen LogP contribution in [0.4, 0.5) is 0 Å². The van der Waals surface area contributed by atoms with E-state index >= 15 is 0 Å². The topological polar surface area (TPSA) is 30.9 Å². The van der Waals surface area contributed by atoms with Gasteiger partial charge in [-0.1, -0.05) is 23.8 Å². The van der Waals surface area contributed by atoms with Gasteiger partial charge in [0.25, 0.3) is 0 Å². The molecule has 0 atom stereocenters. The minimum atomic E-state index is 1.09. The number of nitrogens with zero attached hydrogens (tertiary/aromatic N) is 1. The predicted octanol–water partition coefficient (Wildman–Crippen LogP) is 3.13. The molecule has 2 N–H and O–H groups in total.